The second-order valence-corrected chi connectivity index (χ2v) is 4.73. The van der Waals surface area contributed by atoms with Gasteiger partial charge in [-0.3, -0.25) is 0 Å². The Morgan fingerprint density at radius 2 is 1.43 bits per heavy atom. The zero-order valence-corrected chi connectivity index (χ0v) is 12.6. The van der Waals surface area contributed by atoms with E-state index >= 15 is 0 Å². The lowest BCUT2D eigenvalue weighted by molar-refractivity contribution is 0.280. The number of allylic oxidation sites excluding steroid dienone is 1. The Balaban J connectivity index is 3.66. The Morgan fingerprint density at radius 3 is 2.05 bits per heavy atom. The Labute approximate surface area is 128 Å². The quantitative estimate of drug-likeness (QED) is 0.328. The van der Waals surface area contributed by atoms with Crippen LogP contribution in [0.15, 0.2) is 24.8 Å². The van der Waals surface area contributed by atoms with Gasteiger partial charge in [0, 0.05) is 6.61 Å². The van der Waals surface area contributed by atoms with Crippen LogP contribution in [0.2, 0.25) is 0 Å². The van der Waals surface area contributed by atoms with Gasteiger partial charge in [0.05, 0.1) is 0 Å². The molecule has 0 saturated heterocycles. The Bertz CT molecular complexity index is 404. The minimum Gasteiger partial charge on any atom is -0.396 e. The molecule has 0 fully saturated rings. The summed E-state index contributed by atoms with van der Waals surface area (Å²) in [6.45, 7) is 3.68. The third kappa shape index (κ3) is 14.7. The van der Waals surface area contributed by atoms with E-state index < -0.39 is 12.2 Å². The molecule has 0 radical (unpaired) electrons. The van der Waals surface area contributed by atoms with Crippen molar-refractivity contribution < 1.29 is 15.3 Å². The lowest BCUT2D eigenvalue weighted by atomic mass is 10.1. The van der Waals surface area contributed by atoms with Crippen LogP contribution in [0, 0.1) is 23.7 Å². The zero-order chi connectivity index (χ0) is 15.8. The van der Waals surface area contributed by atoms with Gasteiger partial charge in [-0.2, -0.15) is 0 Å². The number of aliphatic hydroxyl groups is 3. The summed E-state index contributed by atoms with van der Waals surface area (Å²) in [5.74, 6) is 9.97. The van der Waals surface area contributed by atoms with Crippen LogP contribution in [0.4, 0.5) is 0 Å². The van der Waals surface area contributed by atoms with E-state index in [1.807, 2.05) is 6.08 Å². The smallest absolute Gasteiger partial charge is 0.134 e. The highest BCUT2D eigenvalue weighted by Crippen LogP contribution is 2.07. The van der Waals surface area contributed by atoms with Gasteiger partial charge in [0.2, 0.25) is 0 Å². The van der Waals surface area contributed by atoms with Crippen LogP contribution in [0.5, 0.6) is 0 Å². The molecule has 0 rings (SSSR count). The van der Waals surface area contributed by atoms with Gasteiger partial charge in [0.1, 0.15) is 12.2 Å². The van der Waals surface area contributed by atoms with Crippen molar-refractivity contribution in [2.75, 3.05) is 6.61 Å². The fraction of sp³-hybridized carbons (Fsp3) is 0.556. The van der Waals surface area contributed by atoms with Crippen molar-refractivity contribution >= 4 is 0 Å². The highest BCUT2D eigenvalue weighted by molar-refractivity contribution is 5.31. The molecule has 2 atom stereocenters. The third-order valence-corrected chi connectivity index (χ3v) is 2.82. The van der Waals surface area contributed by atoms with Gasteiger partial charge in [0.25, 0.3) is 0 Å². The number of hydrogen-bond donors (Lipinski definition) is 3. The average molecular weight is 290 g/mol. The summed E-state index contributed by atoms with van der Waals surface area (Å²) in [6.07, 6.45) is 10.8. The predicted octanol–water partition coefficient (Wildman–Crippen LogP) is 2.18. The predicted molar refractivity (Wildman–Crippen MR) is 86.3 cm³/mol. The van der Waals surface area contributed by atoms with Gasteiger partial charge in [-0.15, -0.1) is 0 Å². The van der Waals surface area contributed by atoms with Crippen molar-refractivity contribution in [1.82, 2.24) is 0 Å². The van der Waals surface area contributed by atoms with Crippen LogP contribution in [0.25, 0.3) is 0 Å². The highest BCUT2D eigenvalue weighted by Gasteiger charge is 1.92. The summed E-state index contributed by atoms with van der Waals surface area (Å²) in [4.78, 5) is 0. The Morgan fingerprint density at radius 1 is 0.857 bits per heavy atom. The molecular formula is C18H26O3. The summed E-state index contributed by atoms with van der Waals surface area (Å²) in [6, 6.07) is 0. The van der Waals surface area contributed by atoms with Crippen molar-refractivity contribution in [2.45, 2.75) is 57.2 Å². The minimum absolute atomic E-state index is 0.290. The summed E-state index contributed by atoms with van der Waals surface area (Å²) in [5, 5.41) is 27.2. The number of unbranched alkanes of at least 4 members (excludes halogenated alkanes) is 6. The molecule has 3 nitrogen and oxygen atoms in total. The van der Waals surface area contributed by atoms with Gasteiger partial charge >= 0.3 is 0 Å². The van der Waals surface area contributed by atoms with Crippen molar-refractivity contribution in [3.63, 3.8) is 0 Å². The van der Waals surface area contributed by atoms with Crippen LogP contribution in [-0.4, -0.2) is 34.1 Å². The molecule has 0 heterocycles. The largest absolute Gasteiger partial charge is 0.396 e. The highest BCUT2D eigenvalue weighted by atomic mass is 16.3. The van der Waals surface area contributed by atoms with E-state index in [4.69, 9.17) is 10.2 Å². The van der Waals surface area contributed by atoms with E-state index in [1.165, 1.54) is 25.3 Å². The van der Waals surface area contributed by atoms with Crippen LogP contribution in [0.3, 0.4) is 0 Å². The first-order valence-corrected chi connectivity index (χ1v) is 7.48. The van der Waals surface area contributed by atoms with Crippen molar-refractivity contribution in [2.24, 2.45) is 0 Å². The van der Waals surface area contributed by atoms with E-state index in [1.54, 1.807) is 6.08 Å². The number of aliphatic hydroxyl groups excluding tert-OH is 3. The molecule has 2 unspecified atom stereocenters. The monoisotopic (exact) mass is 290 g/mol. The second-order valence-electron chi connectivity index (χ2n) is 4.73. The van der Waals surface area contributed by atoms with Gasteiger partial charge in [0.15, 0.2) is 0 Å². The standard InChI is InChI=1S/C18H26O3/c1-2-17(20)13-10-11-15-18(21)14-9-7-5-3-4-6-8-12-16-19/h2,9,14,17-21H,1,3-8,12,16H2. The fourth-order valence-electron chi connectivity index (χ4n) is 1.63. The van der Waals surface area contributed by atoms with Gasteiger partial charge in [-0.1, -0.05) is 56.3 Å². The molecule has 0 amide bonds. The molecule has 0 bridgehead atoms. The van der Waals surface area contributed by atoms with Crippen molar-refractivity contribution in [1.29, 1.82) is 0 Å². The fourth-order valence-corrected chi connectivity index (χ4v) is 1.63. The average Bonchev–Trinajstić information content (AvgIpc) is 2.49. The van der Waals surface area contributed by atoms with Gasteiger partial charge in [-0.25, -0.2) is 0 Å². The molecule has 0 aliphatic rings. The minimum atomic E-state index is -0.871. The maximum atomic E-state index is 9.54. The molecule has 3 N–H and O–H groups in total. The molecule has 0 saturated carbocycles. The van der Waals surface area contributed by atoms with E-state index in [0.29, 0.717) is 6.61 Å². The second kappa shape index (κ2) is 14.9. The molecular weight excluding hydrogens is 264 g/mol. The number of rotatable bonds is 10. The Hall–Kier alpha value is -1.52. The molecule has 116 valence electrons. The van der Waals surface area contributed by atoms with Gasteiger partial charge in [-0.05, 0) is 37.2 Å². The van der Waals surface area contributed by atoms with E-state index in [0.717, 1.165) is 25.7 Å². The topological polar surface area (TPSA) is 60.7 Å². The van der Waals surface area contributed by atoms with Crippen LogP contribution >= 0.6 is 0 Å². The van der Waals surface area contributed by atoms with E-state index in [2.05, 4.69) is 30.3 Å². The lowest BCUT2D eigenvalue weighted by Gasteiger charge is -1.99. The summed E-state index contributed by atoms with van der Waals surface area (Å²) < 4.78 is 0. The Kier molecular flexibility index (Phi) is 13.8. The van der Waals surface area contributed by atoms with Crippen molar-refractivity contribution in [3.8, 4) is 23.7 Å². The van der Waals surface area contributed by atoms with E-state index in [9.17, 15) is 5.11 Å². The molecule has 0 aromatic heterocycles. The molecule has 0 aliphatic heterocycles. The summed E-state index contributed by atoms with van der Waals surface area (Å²) in [7, 11) is 0. The molecule has 0 aliphatic carbocycles. The summed E-state index contributed by atoms with van der Waals surface area (Å²) >= 11 is 0. The normalized spacial score (nSPS) is 12.9. The summed E-state index contributed by atoms with van der Waals surface area (Å²) in [5.41, 5.74) is 0. The molecule has 0 aromatic carbocycles. The molecule has 0 spiro atoms. The first-order valence-electron chi connectivity index (χ1n) is 7.48. The molecule has 21 heavy (non-hydrogen) atoms. The molecule has 0 aromatic rings. The van der Waals surface area contributed by atoms with E-state index in [-0.39, 0.29) is 0 Å². The zero-order valence-electron chi connectivity index (χ0n) is 12.6. The maximum absolute atomic E-state index is 9.54. The first-order chi connectivity index (χ1) is 10.2. The third-order valence-electron chi connectivity index (χ3n) is 2.82. The van der Waals surface area contributed by atoms with Gasteiger partial charge < -0.3 is 15.3 Å². The molecule has 3 heteroatoms. The van der Waals surface area contributed by atoms with Crippen molar-refractivity contribution in [3.05, 3.63) is 24.8 Å². The van der Waals surface area contributed by atoms with Crippen LogP contribution in [0.1, 0.15) is 44.9 Å². The SMILES string of the molecule is C=CC(O)C#CC#CC(O)C=CCCCCCCCCO. The maximum Gasteiger partial charge on any atom is 0.134 e. The lowest BCUT2D eigenvalue weighted by Crippen LogP contribution is -1.97. The first kappa shape index (κ1) is 19.5. The van der Waals surface area contributed by atoms with Crippen LogP contribution < -0.4 is 0 Å². The van der Waals surface area contributed by atoms with Crippen LogP contribution in [-0.2, 0) is 0 Å². The number of hydrogen-bond acceptors (Lipinski definition) is 3.